The summed E-state index contributed by atoms with van der Waals surface area (Å²) < 4.78 is 0. The molecule has 2 aromatic rings. The molecule has 0 unspecified atom stereocenters. The number of rotatable bonds is 8. The summed E-state index contributed by atoms with van der Waals surface area (Å²) in [7, 11) is 0. The summed E-state index contributed by atoms with van der Waals surface area (Å²) in [4.78, 5) is 13.1. The molecule has 0 bridgehead atoms. The number of Topliss-reactive ketones (excluding diaryl/α,β-unsaturated/α-hetero) is 1. The largest absolute Gasteiger partial charge is 0.300 e. The van der Waals surface area contributed by atoms with E-state index < -0.39 is 0 Å². The second-order valence-corrected chi connectivity index (χ2v) is 5.96. The van der Waals surface area contributed by atoms with Crippen LogP contribution in [-0.2, 0) is 11.2 Å². The summed E-state index contributed by atoms with van der Waals surface area (Å²) in [5.74, 6) is 1.26. The quantitative estimate of drug-likeness (QED) is 0.650. The Balaban J connectivity index is 1.59. The molecule has 0 aliphatic heterocycles. The lowest BCUT2D eigenvalue weighted by atomic mass is 10.1. The summed E-state index contributed by atoms with van der Waals surface area (Å²) in [5, 5.41) is 0. The number of aryl methyl sites for hydroxylation is 1. The number of thioether (sulfide) groups is 1. The van der Waals surface area contributed by atoms with Crippen LogP contribution in [0.15, 0.2) is 65.6 Å². The summed E-state index contributed by atoms with van der Waals surface area (Å²) >= 11 is 1.76. The monoisotopic (exact) mass is 284 g/mol. The molecule has 0 saturated carbocycles. The van der Waals surface area contributed by atoms with Gasteiger partial charge in [-0.05, 0) is 30.5 Å². The van der Waals surface area contributed by atoms with Gasteiger partial charge in [-0.1, -0.05) is 48.5 Å². The zero-order valence-electron chi connectivity index (χ0n) is 11.6. The average molecular weight is 284 g/mol. The van der Waals surface area contributed by atoms with Gasteiger partial charge in [0.2, 0.25) is 0 Å². The smallest absolute Gasteiger partial charge is 0.133 e. The Hall–Kier alpha value is -1.54. The third kappa shape index (κ3) is 5.62. The maximum Gasteiger partial charge on any atom is 0.133 e. The van der Waals surface area contributed by atoms with Crippen molar-refractivity contribution in [3.63, 3.8) is 0 Å². The molecule has 104 valence electrons. The van der Waals surface area contributed by atoms with Crippen LogP contribution in [0.3, 0.4) is 0 Å². The van der Waals surface area contributed by atoms with Crippen molar-refractivity contribution in [3.8, 4) is 0 Å². The van der Waals surface area contributed by atoms with Crippen LogP contribution in [0, 0.1) is 0 Å². The van der Waals surface area contributed by atoms with E-state index in [4.69, 9.17) is 0 Å². The molecular formula is C18H20OS. The van der Waals surface area contributed by atoms with Gasteiger partial charge in [0.1, 0.15) is 5.78 Å². The van der Waals surface area contributed by atoms with Gasteiger partial charge in [-0.2, -0.15) is 0 Å². The molecule has 0 radical (unpaired) electrons. The Bertz CT molecular complexity index is 460. The van der Waals surface area contributed by atoms with Gasteiger partial charge in [0.05, 0.1) is 0 Å². The van der Waals surface area contributed by atoms with Crippen molar-refractivity contribution in [2.24, 2.45) is 0 Å². The van der Waals surface area contributed by atoms with Crippen LogP contribution in [0.2, 0.25) is 0 Å². The molecule has 0 aliphatic rings. The number of hydrogen-bond acceptors (Lipinski definition) is 2. The average Bonchev–Trinajstić information content (AvgIpc) is 2.49. The number of carbonyl (C=O) groups excluding carboxylic acids is 1. The molecule has 2 aromatic carbocycles. The van der Waals surface area contributed by atoms with Crippen LogP contribution in [0.25, 0.3) is 0 Å². The predicted octanol–water partition coefficient (Wildman–Crippen LogP) is 4.76. The lowest BCUT2D eigenvalue weighted by Gasteiger charge is -2.02. The SMILES string of the molecule is O=C(CCCc1ccccc1)CCSc1ccccc1. The molecule has 1 nitrogen and oxygen atoms in total. The van der Waals surface area contributed by atoms with E-state index in [9.17, 15) is 4.79 Å². The Morgan fingerprint density at radius 3 is 2.20 bits per heavy atom. The van der Waals surface area contributed by atoms with Crippen LogP contribution in [-0.4, -0.2) is 11.5 Å². The van der Waals surface area contributed by atoms with Crippen LogP contribution in [0.4, 0.5) is 0 Å². The lowest BCUT2D eigenvalue weighted by Crippen LogP contribution is -2.00. The minimum absolute atomic E-state index is 0.379. The van der Waals surface area contributed by atoms with E-state index in [1.54, 1.807) is 11.8 Å². The van der Waals surface area contributed by atoms with E-state index in [1.165, 1.54) is 10.5 Å². The van der Waals surface area contributed by atoms with Gasteiger partial charge in [-0.25, -0.2) is 0 Å². The van der Waals surface area contributed by atoms with Gasteiger partial charge in [-0.15, -0.1) is 11.8 Å². The van der Waals surface area contributed by atoms with Gasteiger partial charge in [0, 0.05) is 23.5 Å². The Labute approximate surface area is 125 Å². The molecule has 0 atom stereocenters. The van der Waals surface area contributed by atoms with Crippen molar-refractivity contribution in [2.75, 3.05) is 5.75 Å². The fourth-order valence-electron chi connectivity index (χ4n) is 2.06. The first-order valence-electron chi connectivity index (χ1n) is 7.08. The highest BCUT2D eigenvalue weighted by Crippen LogP contribution is 2.18. The van der Waals surface area contributed by atoms with Crippen molar-refractivity contribution in [3.05, 3.63) is 66.2 Å². The van der Waals surface area contributed by atoms with Crippen LogP contribution < -0.4 is 0 Å². The van der Waals surface area contributed by atoms with E-state index in [2.05, 4.69) is 24.3 Å². The van der Waals surface area contributed by atoms with Crippen molar-refractivity contribution in [2.45, 2.75) is 30.6 Å². The summed E-state index contributed by atoms with van der Waals surface area (Å²) in [6.45, 7) is 0. The van der Waals surface area contributed by atoms with Gasteiger partial charge < -0.3 is 0 Å². The van der Waals surface area contributed by atoms with Crippen LogP contribution in [0.1, 0.15) is 24.8 Å². The third-order valence-corrected chi connectivity index (χ3v) is 4.17. The molecule has 0 amide bonds. The van der Waals surface area contributed by atoms with Crippen LogP contribution >= 0.6 is 11.8 Å². The first kappa shape index (κ1) is 14.9. The molecular weight excluding hydrogens is 264 g/mol. The highest BCUT2D eigenvalue weighted by atomic mass is 32.2. The molecule has 0 aliphatic carbocycles. The number of ketones is 1. The minimum Gasteiger partial charge on any atom is -0.300 e. The fourth-order valence-corrected chi connectivity index (χ4v) is 2.97. The number of benzene rings is 2. The minimum atomic E-state index is 0.379. The second-order valence-electron chi connectivity index (χ2n) is 4.79. The van der Waals surface area contributed by atoms with Crippen molar-refractivity contribution >= 4 is 17.5 Å². The van der Waals surface area contributed by atoms with Crippen molar-refractivity contribution in [1.82, 2.24) is 0 Å². The Kier molecular flexibility index (Phi) is 6.39. The topological polar surface area (TPSA) is 17.1 Å². The van der Waals surface area contributed by atoms with Gasteiger partial charge in [0.15, 0.2) is 0 Å². The fraction of sp³-hybridized carbons (Fsp3) is 0.278. The molecule has 2 rings (SSSR count). The van der Waals surface area contributed by atoms with Gasteiger partial charge in [-0.3, -0.25) is 4.79 Å². The molecule has 0 heterocycles. The molecule has 2 heteroatoms. The lowest BCUT2D eigenvalue weighted by molar-refractivity contribution is -0.118. The maximum absolute atomic E-state index is 11.8. The number of carbonyl (C=O) groups is 1. The van der Waals surface area contributed by atoms with Gasteiger partial charge in [0.25, 0.3) is 0 Å². The molecule has 20 heavy (non-hydrogen) atoms. The highest BCUT2D eigenvalue weighted by Gasteiger charge is 2.03. The Morgan fingerprint density at radius 1 is 0.850 bits per heavy atom. The highest BCUT2D eigenvalue weighted by molar-refractivity contribution is 7.99. The molecule has 0 N–H and O–H groups in total. The summed E-state index contributed by atoms with van der Waals surface area (Å²) in [5.41, 5.74) is 1.32. The normalized spacial score (nSPS) is 10.4. The standard InChI is InChI=1S/C18H20OS/c19-17(11-7-10-16-8-3-1-4-9-16)14-15-20-18-12-5-2-6-13-18/h1-6,8-9,12-13H,7,10-11,14-15H2. The molecule has 0 aromatic heterocycles. The summed E-state index contributed by atoms with van der Waals surface area (Å²) in [6, 6.07) is 20.6. The van der Waals surface area contributed by atoms with E-state index in [0.717, 1.165) is 18.6 Å². The zero-order valence-corrected chi connectivity index (χ0v) is 12.4. The van der Waals surface area contributed by atoms with Crippen molar-refractivity contribution < 1.29 is 4.79 Å². The molecule has 0 saturated heterocycles. The van der Waals surface area contributed by atoms with Crippen LogP contribution in [0.5, 0.6) is 0 Å². The first-order chi connectivity index (χ1) is 9.84. The van der Waals surface area contributed by atoms with E-state index >= 15 is 0 Å². The third-order valence-electron chi connectivity index (χ3n) is 3.16. The molecule has 0 spiro atoms. The number of hydrogen-bond donors (Lipinski definition) is 0. The van der Waals surface area contributed by atoms with E-state index in [1.807, 2.05) is 36.4 Å². The van der Waals surface area contributed by atoms with E-state index in [0.29, 0.717) is 18.6 Å². The predicted molar refractivity (Wildman–Crippen MR) is 86.2 cm³/mol. The van der Waals surface area contributed by atoms with E-state index in [-0.39, 0.29) is 0 Å². The summed E-state index contributed by atoms with van der Waals surface area (Å²) in [6.07, 6.45) is 3.33. The van der Waals surface area contributed by atoms with Crippen molar-refractivity contribution in [1.29, 1.82) is 0 Å². The zero-order chi connectivity index (χ0) is 14.0. The second kappa shape index (κ2) is 8.60. The maximum atomic E-state index is 11.8. The van der Waals surface area contributed by atoms with Gasteiger partial charge >= 0.3 is 0 Å². The molecule has 0 fully saturated rings. The Morgan fingerprint density at radius 2 is 1.50 bits per heavy atom. The first-order valence-corrected chi connectivity index (χ1v) is 8.06.